The highest BCUT2D eigenvalue weighted by Crippen LogP contribution is 2.45. The fraction of sp³-hybridized carbons (Fsp3) is 0.257. The van der Waals surface area contributed by atoms with Gasteiger partial charge in [0.25, 0.3) is 0 Å². The Labute approximate surface area is 210 Å². The van der Waals surface area contributed by atoms with Crippen molar-refractivity contribution in [1.82, 2.24) is 0 Å². The van der Waals surface area contributed by atoms with Crippen LogP contribution in [0.4, 0.5) is 0 Å². The zero-order valence-corrected chi connectivity index (χ0v) is 22.2. The maximum absolute atomic E-state index is 2.36. The molecule has 0 fully saturated rings. The number of rotatable bonds is 2. The molecule has 5 rings (SSSR count). The molecule has 0 heteroatoms. The van der Waals surface area contributed by atoms with Gasteiger partial charge in [0.15, 0.2) is 0 Å². The summed E-state index contributed by atoms with van der Waals surface area (Å²) in [6.07, 6.45) is 0. The smallest absolute Gasteiger partial charge is 0.00202 e. The van der Waals surface area contributed by atoms with Crippen LogP contribution in [0.3, 0.4) is 0 Å². The minimum Gasteiger partial charge on any atom is -0.0616 e. The summed E-state index contributed by atoms with van der Waals surface area (Å²) in [5.41, 5.74) is 9.46. The Kier molecular flexibility index (Phi) is 5.59. The lowest BCUT2D eigenvalue weighted by Crippen LogP contribution is -2.10. The molecule has 0 aliphatic heterocycles. The van der Waals surface area contributed by atoms with Crippen LogP contribution in [0, 0.1) is 6.92 Å². The Morgan fingerprint density at radius 2 is 0.857 bits per heavy atom. The summed E-state index contributed by atoms with van der Waals surface area (Å²) in [5.74, 6) is 0. The molecule has 35 heavy (non-hydrogen) atoms. The standard InChI is InChI=1S/C35H36/c1-23-12-21-29-28-10-8-9-11-30(28)32(24-13-17-26(18-14-24)34(2,3)4)33(31(29)22-23)25-15-19-27(20-16-25)35(5,6)7/h8-22H,1-7H3. The monoisotopic (exact) mass is 456 g/mol. The van der Waals surface area contributed by atoms with Crippen LogP contribution in [0.15, 0.2) is 91.0 Å². The van der Waals surface area contributed by atoms with E-state index in [1.165, 1.54) is 60.5 Å². The second-order valence-electron chi connectivity index (χ2n) is 12.0. The fourth-order valence-electron chi connectivity index (χ4n) is 5.18. The predicted octanol–water partition coefficient (Wildman–Crippen LogP) is 10.2. The largest absolute Gasteiger partial charge is 0.0616 e. The van der Waals surface area contributed by atoms with Crippen LogP contribution in [-0.4, -0.2) is 0 Å². The van der Waals surface area contributed by atoms with Crippen molar-refractivity contribution in [2.75, 3.05) is 0 Å². The third-order valence-corrected chi connectivity index (χ3v) is 7.26. The van der Waals surface area contributed by atoms with Gasteiger partial charge < -0.3 is 0 Å². The number of benzene rings is 5. The van der Waals surface area contributed by atoms with Crippen molar-refractivity contribution >= 4 is 21.5 Å². The third-order valence-electron chi connectivity index (χ3n) is 7.26. The third kappa shape index (κ3) is 4.27. The minimum atomic E-state index is 0.131. The van der Waals surface area contributed by atoms with E-state index in [0.29, 0.717) is 0 Å². The molecule has 5 aromatic rings. The first kappa shape index (κ1) is 23.4. The van der Waals surface area contributed by atoms with Crippen LogP contribution in [0.5, 0.6) is 0 Å². The summed E-state index contributed by atoms with van der Waals surface area (Å²) >= 11 is 0. The number of hydrogen-bond donors (Lipinski definition) is 0. The zero-order chi connectivity index (χ0) is 25.0. The molecule has 0 amide bonds. The van der Waals surface area contributed by atoms with Crippen LogP contribution >= 0.6 is 0 Å². The first-order chi connectivity index (χ1) is 16.5. The van der Waals surface area contributed by atoms with Crippen molar-refractivity contribution < 1.29 is 0 Å². The molecule has 0 aromatic heterocycles. The molecule has 0 aliphatic carbocycles. The van der Waals surface area contributed by atoms with E-state index < -0.39 is 0 Å². The quantitative estimate of drug-likeness (QED) is 0.232. The van der Waals surface area contributed by atoms with E-state index in [1.807, 2.05) is 0 Å². The summed E-state index contributed by atoms with van der Waals surface area (Å²) in [7, 11) is 0. The number of fused-ring (bicyclic) bond motifs is 3. The topological polar surface area (TPSA) is 0 Å². The zero-order valence-electron chi connectivity index (χ0n) is 22.2. The molecule has 176 valence electrons. The predicted molar refractivity (Wildman–Crippen MR) is 154 cm³/mol. The Hall–Kier alpha value is -3.38. The van der Waals surface area contributed by atoms with E-state index in [2.05, 4.69) is 139 Å². The normalized spacial score (nSPS) is 12.4. The Morgan fingerprint density at radius 1 is 0.429 bits per heavy atom. The van der Waals surface area contributed by atoms with Crippen LogP contribution in [0.1, 0.15) is 58.2 Å². The average Bonchev–Trinajstić information content (AvgIpc) is 2.82. The number of hydrogen-bond acceptors (Lipinski definition) is 0. The Bertz CT molecular complexity index is 1520. The lowest BCUT2D eigenvalue weighted by molar-refractivity contribution is 0.590. The van der Waals surface area contributed by atoms with Crippen molar-refractivity contribution in [1.29, 1.82) is 0 Å². The molecule has 0 heterocycles. The average molecular weight is 457 g/mol. The van der Waals surface area contributed by atoms with Gasteiger partial charge in [-0.15, -0.1) is 0 Å². The summed E-state index contributed by atoms with van der Waals surface area (Å²) in [4.78, 5) is 0. The van der Waals surface area contributed by atoms with Gasteiger partial charge in [0, 0.05) is 0 Å². The van der Waals surface area contributed by atoms with E-state index in [4.69, 9.17) is 0 Å². The summed E-state index contributed by atoms with van der Waals surface area (Å²) in [6.45, 7) is 15.9. The molecule has 0 radical (unpaired) electrons. The Morgan fingerprint density at radius 3 is 1.34 bits per heavy atom. The maximum Gasteiger partial charge on any atom is -0.00202 e. The lowest BCUT2D eigenvalue weighted by atomic mass is 9.81. The van der Waals surface area contributed by atoms with Gasteiger partial charge in [-0.25, -0.2) is 0 Å². The fourth-order valence-corrected chi connectivity index (χ4v) is 5.18. The highest BCUT2D eigenvalue weighted by Gasteiger charge is 2.20. The molecule has 5 aromatic carbocycles. The molecule has 0 spiro atoms. The van der Waals surface area contributed by atoms with Gasteiger partial charge in [-0.05, 0) is 72.7 Å². The summed E-state index contributed by atoms with van der Waals surface area (Å²) < 4.78 is 0. The second kappa shape index (κ2) is 8.38. The van der Waals surface area contributed by atoms with Gasteiger partial charge in [0.2, 0.25) is 0 Å². The van der Waals surface area contributed by atoms with E-state index >= 15 is 0 Å². The Balaban J connectivity index is 1.89. The van der Waals surface area contributed by atoms with Gasteiger partial charge in [0.05, 0.1) is 0 Å². The molecular weight excluding hydrogens is 420 g/mol. The first-order valence-electron chi connectivity index (χ1n) is 12.7. The van der Waals surface area contributed by atoms with E-state index in [0.717, 1.165) is 0 Å². The minimum absolute atomic E-state index is 0.131. The highest BCUT2D eigenvalue weighted by atomic mass is 14.2. The van der Waals surface area contributed by atoms with Gasteiger partial charge in [-0.2, -0.15) is 0 Å². The van der Waals surface area contributed by atoms with Gasteiger partial charge in [0.1, 0.15) is 0 Å². The molecule has 0 unspecified atom stereocenters. The first-order valence-corrected chi connectivity index (χ1v) is 12.7. The maximum atomic E-state index is 2.36. The molecule has 0 saturated heterocycles. The van der Waals surface area contributed by atoms with Crippen molar-refractivity contribution in [2.24, 2.45) is 0 Å². The molecule has 0 nitrogen and oxygen atoms in total. The molecule has 0 atom stereocenters. The SMILES string of the molecule is Cc1ccc2c(c1)c(-c1ccc(C(C)(C)C)cc1)c(-c1ccc(C(C)(C)C)cc1)c1ccccc12. The van der Waals surface area contributed by atoms with Crippen molar-refractivity contribution in [3.05, 3.63) is 108 Å². The van der Waals surface area contributed by atoms with E-state index in [9.17, 15) is 0 Å². The van der Waals surface area contributed by atoms with Gasteiger partial charge >= 0.3 is 0 Å². The van der Waals surface area contributed by atoms with Gasteiger partial charge in [-0.3, -0.25) is 0 Å². The summed E-state index contributed by atoms with van der Waals surface area (Å²) in [6, 6.07) is 34.3. The van der Waals surface area contributed by atoms with Gasteiger partial charge in [-0.1, -0.05) is 138 Å². The van der Waals surface area contributed by atoms with Crippen LogP contribution < -0.4 is 0 Å². The molecule has 0 aliphatic rings. The second-order valence-corrected chi connectivity index (χ2v) is 12.0. The van der Waals surface area contributed by atoms with Crippen molar-refractivity contribution in [2.45, 2.75) is 59.3 Å². The van der Waals surface area contributed by atoms with Crippen LogP contribution in [0.25, 0.3) is 43.8 Å². The molecule has 0 N–H and O–H groups in total. The number of aryl methyl sites for hydroxylation is 1. The molecular formula is C35H36. The van der Waals surface area contributed by atoms with Crippen molar-refractivity contribution in [3.8, 4) is 22.3 Å². The van der Waals surface area contributed by atoms with E-state index in [1.54, 1.807) is 0 Å². The van der Waals surface area contributed by atoms with Crippen LogP contribution in [-0.2, 0) is 10.8 Å². The lowest BCUT2D eigenvalue weighted by Gasteiger charge is -2.23. The molecule has 0 saturated carbocycles. The molecule has 0 bridgehead atoms. The summed E-state index contributed by atoms with van der Waals surface area (Å²) in [5, 5.41) is 5.26. The van der Waals surface area contributed by atoms with Crippen LogP contribution in [0.2, 0.25) is 0 Å². The van der Waals surface area contributed by atoms with Crippen molar-refractivity contribution in [3.63, 3.8) is 0 Å². The van der Waals surface area contributed by atoms with E-state index in [-0.39, 0.29) is 10.8 Å². The highest BCUT2D eigenvalue weighted by molar-refractivity contribution is 6.21.